The molecule has 0 aliphatic carbocycles. The molecule has 0 aromatic heterocycles. The van der Waals surface area contributed by atoms with E-state index in [1.165, 1.54) is 0 Å². The van der Waals surface area contributed by atoms with Gasteiger partial charge in [-0.25, -0.2) is 14.4 Å². The molecule has 159 valence electrons. The van der Waals surface area contributed by atoms with Crippen molar-refractivity contribution >= 4 is 17.9 Å². The van der Waals surface area contributed by atoms with Crippen molar-refractivity contribution in [3.05, 3.63) is 106 Å². The summed E-state index contributed by atoms with van der Waals surface area (Å²) in [5.74, 6) is -2.59. The third-order valence-corrected chi connectivity index (χ3v) is 4.13. The summed E-state index contributed by atoms with van der Waals surface area (Å²) >= 11 is 0. The maximum absolute atomic E-state index is 10.4. The van der Waals surface area contributed by atoms with Gasteiger partial charge in [0.15, 0.2) is 0 Å². The van der Waals surface area contributed by atoms with Gasteiger partial charge in [-0.1, -0.05) is 54.6 Å². The van der Waals surface area contributed by atoms with Gasteiger partial charge in [0.25, 0.3) is 0 Å². The van der Waals surface area contributed by atoms with Gasteiger partial charge >= 0.3 is 17.9 Å². The Morgan fingerprint density at radius 1 is 0.484 bits per heavy atom. The Balaban J connectivity index is 0.000000429. The minimum absolute atomic E-state index is 0. The molecule has 31 heavy (non-hydrogen) atoms. The van der Waals surface area contributed by atoms with Crippen molar-refractivity contribution in [2.24, 2.45) is 0 Å². The molecule has 0 aliphatic heterocycles. The molecule has 0 aliphatic rings. The van der Waals surface area contributed by atoms with Gasteiger partial charge < -0.3 is 15.3 Å². The van der Waals surface area contributed by atoms with Gasteiger partial charge in [-0.3, -0.25) is 0 Å². The zero-order valence-electron chi connectivity index (χ0n) is 17.6. The molecule has 0 atom stereocenters. The summed E-state index contributed by atoms with van der Waals surface area (Å²) in [5.41, 5.74) is 3.53. The summed E-state index contributed by atoms with van der Waals surface area (Å²) in [5, 5.41) is 25.7. The number of benzene rings is 3. The topological polar surface area (TPSA) is 112 Å². The molecule has 3 aromatic carbocycles. The Bertz CT molecular complexity index is 898. The van der Waals surface area contributed by atoms with Crippen LogP contribution in [0.3, 0.4) is 0 Å². The number of carbonyl (C=O) groups is 3. The molecule has 0 heterocycles. The number of hydrogen-bond donors (Lipinski definition) is 3. The number of aromatic carboxylic acids is 3. The molecule has 0 bridgehead atoms. The van der Waals surface area contributed by atoms with E-state index in [1.807, 2.05) is 18.2 Å². The van der Waals surface area contributed by atoms with Crippen LogP contribution < -0.4 is 0 Å². The van der Waals surface area contributed by atoms with Crippen molar-refractivity contribution in [3.8, 4) is 0 Å². The van der Waals surface area contributed by atoms with Crippen LogP contribution in [-0.2, 0) is 25.8 Å². The first-order valence-corrected chi connectivity index (χ1v) is 9.02. The van der Waals surface area contributed by atoms with E-state index in [2.05, 4.69) is 0 Å². The SMILES string of the molecule is Cc1ccccc1C(=O)O.Cc1ccccc1C(=O)O.Cc1ccccc1C(=O)O.[Sc]. The van der Waals surface area contributed by atoms with E-state index in [0.29, 0.717) is 16.7 Å². The quantitative estimate of drug-likeness (QED) is 0.510. The molecule has 3 N–H and O–H groups in total. The largest absolute Gasteiger partial charge is 0.478 e. The summed E-state index contributed by atoms with van der Waals surface area (Å²) in [4.78, 5) is 31.3. The minimum Gasteiger partial charge on any atom is -0.478 e. The molecule has 7 heteroatoms. The first kappa shape index (κ1) is 27.9. The van der Waals surface area contributed by atoms with E-state index in [0.717, 1.165) is 16.7 Å². The molecule has 0 saturated heterocycles. The Hall–Kier alpha value is -3.06. The average molecular weight is 453 g/mol. The van der Waals surface area contributed by atoms with Crippen LogP contribution in [-0.4, -0.2) is 33.2 Å². The zero-order valence-corrected chi connectivity index (χ0v) is 19.4. The predicted molar refractivity (Wildman–Crippen MR) is 114 cm³/mol. The van der Waals surface area contributed by atoms with Crippen molar-refractivity contribution < 1.29 is 55.5 Å². The van der Waals surface area contributed by atoms with Crippen LogP contribution in [0.15, 0.2) is 72.8 Å². The van der Waals surface area contributed by atoms with Crippen LogP contribution in [0.1, 0.15) is 47.8 Å². The first-order valence-electron chi connectivity index (χ1n) is 9.02. The monoisotopic (exact) mass is 453 g/mol. The summed E-state index contributed by atoms with van der Waals surface area (Å²) in [6.07, 6.45) is 0. The molecular formula is C24H24O6Sc. The van der Waals surface area contributed by atoms with Crippen LogP contribution in [0.25, 0.3) is 0 Å². The third-order valence-electron chi connectivity index (χ3n) is 4.13. The second-order valence-electron chi connectivity index (χ2n) is 6.36. The van der Waals surface area contributed by atoms with Crippen molar-refractivity contribution in [1.82, 2.24) is 0 Å². The first-order chi connectivity index (χ1) is 14.1. The van der Waals surface area contributed by atoms with Crippen LogP contribution in [0, 0.1) is 20.8 Å². The Morgan fingerprint density at radius 2 is 0.677 bits per heavy atom. The number of hydrogen-bond acceptors (Lipinski definition) is 3. The normalized spacial score (nSPS) is 9.00. The van der Waals surface area contributed by atoms with Crippen molar-refractivity contribution in [2.75, 3.05) is 0 Å². The fourth-order valence-electron chi connectivity index (χ4n) is 2.44. The Labute approximate surface area is 200 Å². The molecule has 0 fully saturated rings. The third kappa shape index (κ3) is 9.53. The summed E-state index contributed by atoms with van der Waals surface area (Å²) in [7, 11) is 0. The smallest absolute Gasteiger partial charge is 0.335 e. The number of carboxylic acids is 3. The van der Waals surface area contributed by atoms with E-state index >= 15 is 0 Å². The van der Waals surface area contributed by atoms with Gasteiger partial charge in [0, 0.05) is 25.8 Å². The fraction of sp³-hybridized carbons (Fsp3) is 0.125. The fourth-order valence-corrected chi connectivity index (χ4v) is 2.44. The molecule has 6 nitrogen and oxygen atoms in total. The maximum Gasteiger partial charge on any atom is 0.335 e. The van der Waals surface area contributed by atoms with Gasteiger partial charge in [-0.2, -0.15) is 0 Å². The molecule has 0 amide bonds. The van der Waals surface area contributed by atoms with Gasteiger partial charge in [0.2, 0.25) is 0 Å². The van der Waals surface area contributed by atoms with Gasteiger partial charge in [0.05, 0.1) is 16.7 Å². The van der Waals surface area contributed by atoms with Gasteiger partial charge in [-0.05, 0) is 55.7 Å². The Morgan fingerprint density at radius 3 is 0.806 bits per heavy atom. The molecule has 0 saturated carbocycles. The van der Waals surface area contributed by atoms with E-state index < -0.39 is 17.9 Å². The van der Waals surface area contributed by atoms with E-state index in [1.54, 1.807) is 75.4 Å². The second kappa shape index (κ2) is 14.0. The summed E-state index contributed by atoms with van der Waals surface area (Å²) in [6, 6.07) is 20.7. The molecule has 0 unspecified atom stereocenters. The number of rotatable bonds is 3. The molecular weight excluding hydrogens is 429 g/mol. The average Bonchev–Trinajstić information content (AvgIpc) is 2.69. The minimum atomic E-state index is -0.863. The predicted octanol–water partition coefficient (Wildman–Crippen LogP) is 5.08. The summed E-state index contributed by atoms with van der Waals surface area (Å²) < 4.78 is 0. The van der Waals surface area contributed by atoms with Crippen LogP contribution in [0.5, 0.6) is 0 Å². The number of aryl methyl sites for hydroxylation is 3. The Kier molecular flexibility index (Phi) is 12.6. The number of carboxylic acid groups (broad SMARTS) is 3. The maximum atomic E-state index is 10.4. The second-order valence-corrected chi connectivity index (χ2v) is 6.36. The van der Waals surface area contributed by atoms with Crippen molar-refractivity contribution in [3.63, 3.8) is 0 Å². The molecule has 0 spiro atoms. The van der Waals surface area contributed by atoms with Crippen LogP contribution in [0.4, 0.5) is 0 Å². The van der Waals surface area contributed by atoms with Crippen LogP contribution >= 0.6 is 0 Å². The zero-order chi connectivity index (χ0) is 22.7. The summed E-state index contributed by atoms with van der Waals surface area (Å²) in [6.45, 7) is 5.34. The molecule has 1 radical (unpaired) electrons. The van der Waals surface area contributed by atoms with Crippen molar-refractivity contribution in [1.29, 1.82) is 0 Å². The molecule has 3 aromatic rings. The van der Waals surface area contributed by atoms with Gasteiger partial charge in [-0.15, -0.1) is 0 Å². The van der Waals surface area contributed by atoms with E-state index in [4.69, 9.17) is 15.3 Å². The van der Waals surface area contributed by atoms with E-state index in [9.17, 15) is 14.4 Å². The standard InChI is InChI=1S/3C8H8O2.Sc/c3*1-6-4-2-3-5-7(6)8(9)10;/h3*2-5H,1H3,(H,9,10);. The van der Waals surface area contributed by atoms with Crippen LogP contribution in [0.2, 0.25) is 0 Å². The van der Waals surface area contributed by atoms with Crippen molar-refractivity contribution in [2.45, 2.75) is 20.8 Å². The molecule has 3 rings (SSSR count). The van der Waals surface area contributed by atoms with Gasteiger partial charge in [0.1, 0.15) is 0 Å². The van der Waals surface area contributed by atoms with E-state index in [-0.39, 0.29) is 25.8 Å².